The van der Waals surface area contributed by atoms with E-state index in [4.69, 9.17) is 4.74 Å². The first-order chi connectivity index (χ1) is 10.9. The van der Waals surface area contributed by atoms with Gasteiger partial charge in [-0.25, -0.2) is 0 Å². The van der Waals surface area contributed by atoms with E-state index in [0.717, 1.165) is 22.6 Å². The van der Waals surface area contributed by atoms with Gasteiger partial charge in [0.05, 0.1) is 11.4 Å². The summed E-state index contributed by atoms with van der Waals surface area (Å²) >= 11 is 0. The third kappa shape index (κ3) is 4.55. The number of hydrogen-bond donors (Lipinski definition) is 1. The summed E-state index contributed by atoms with van der Waals surface area (Å²) in [6.45, 7) is 10.0. The number of pyridine rings is 1. The summed E-state index contributed by atoms with van der Waals surface area (Å²) in [6.07, 6.45) is 0. The van der Waals surface area contributed by atoms with Crippen LogP contribution in [0.5, 0.6) is 5.75 Å². The molecule has 1 aromatic carbocycles. The average Bonchev–Trinajstić information content (AvgIpc) is 2.49. The molecule has 0 aliphatic heterocycles. The topological polar surface area (TPSA) is 51.2 Å². The highest BCUT2D eigenvalue weighted by atomic mass is 16.5. The second-order valence-corrected chi connectivity index (χ2v) is 6.10. The number of ether oxygens (including phenoxy) is 1. The minimum absolute atomic E-state index is 0.0195. The fraction of sp³-hybridized carbons (Fsp3) is 0.368. The summed E-state index contributed by atoms with van der Waals surface area (Å²) in [5.74, 6) is 0.954. The van der Waals surface area contributed by atoms with Gasteiger partial charge >= 0.3 is 0 Å². The predicted molar refractivity (Wildman–Crippen MR) is 93.1 cm³/mol. The van der Waals surface area contributed by atoms with Crippen LogP contribution < -0.4 is 10.1 Å². The van der Waals surface area contributed by atoms with Crippen LogP contribution in [0.1, 0.15) is 42.3 Å². The van der Waals surface area contributed by atoms with E-state index in [9.17, 15) is 4.79 Å². The van der Waals surface area contributed by atoms with Crippen LogP contribution in [0.25, 0.3) is 0 Å². The van der Waals surface area contributed by atoms with Crippen molar-refractivity contribution in [2.24, 2.45) is 0 Å². The Morgan fingerprint density at radius 3 is 2.61 bits per heavy atom. The lowest BCUT2D eigenvalue weighted by molar-refractivity contribution is -0.118. The lowest BCUT2D eigenvalue weighted by atomic mass is 10.0. The molecule has 4 heteroatoms. The smallest absolute Gasteiger partial charge is 0.262 e. The maximum atomic E-state index is 12.1. The number of hydrogen-bond acceptors (Lipinski definition) is 3. The molecule has 1 amide bonds. The number of anilines is 1. The third-order valence-electron chi connectivity index (χ3n) is 3.68. The SMILES string of the molecule is Cc1cc(C)c(NC(=O)COc2cccc(C(C)C)c2)c(C)n1. The Labute approximate surface area is 137 Å². The van der Waals surface area contributed by atoms with Gasteiger partial charge in [0.1, 0.15) is 5.75 Å². The highest BCUT2D eigenvalue weighted by Gasteiger charge is 2.10. The van der Waals surface area contributed by atoms with Crippen LogP contribution >= 0.6 is 0 Å². The minimum atomic E-state index is -0.184. The number of nitrogens with one attached hydrogen (secondary N) is 1. The normalized spacial score (nSPS) is 10.7. The van der Waals surface area contributed by atoms with Gasteiger partial charge < -0.3 is 10.1 Å². The number of aryl methyl sites for hydroxylation is 3. The van der Waals surface area contributed by atoms with E-state index in [0.29, 0.717) is 11.7 Å². The monoisotopic (exact) mass is 312 g/mol. The molecule has 4 nitrogen and oxygen atoms in total. The zero-order chi connectivity index (χ0) is 17.0. The Kier molecular flexibility index (Phi) is 5.37. The summed E-state index contributed by atoms with van der Waals surface area (Å²) in [6, 6.07) is 9.80. The molecule has 1 heterocycles. The molecule has 0 radical (unpaired) electrons. The molecule has 122 valence electrons. The molecular weight excluding hydrogens is 288 g/mol. The van der Waals surface area contributed by atoms with Crippen LogP contribution in [-0.4, -0.2) is 17.5 Å². The number of carbonyl (C=O) groups excluding carboxylic acids is 1. The van der Waals surface area contributed by atoms with Crippen LogP contribution in [0.3, 0.4) is 0 Å². The molecule has 0 aliphatic rings. The molecular formula is C19H24N2O2. The van der Waals surface area contributed by atoms with Gasteiger partial charge in [-0.05, 0) is 56.0 Å². The van der Waals surface area contributed by atoms with E-state index >= 15 is 0 Å². The molecule has 0 saturated carbocycles. The van der Waals surface area contributed by atoms with Crippen LogP contribution in [0.4, 0.5) is 5.69 Å². The highest BCUT2D eigenvalue weighted by Crippen LogP contribution is 2.21. The van der Waals surface area contributed by atoms with Crippen molar-refractivity contribution in [1.29, 1.82) is 0 Å². The number of carbonyl (C=O) groups is 1. The second-order valence-electron chi connectivity index (χ2n) is 6.10. The zero-order valence-electron chi connectivity index (χ0n) is 14.4. The molecule has 0 spiro atoms. The first-order valence-corrected chi connectivity index (χ1v) is 7.84. The molecule has 0 bridgehead atoms. The van der Waals surface area contributed by atoms with Gasteiger partial charge in [0.15, 0.2) is 6.61 Å². The fourth-order valence-corrected chi connectivity index (χ4v) is 2.50. The molecule has 0 unspecified atom stereocenters. The van der Waals surface area contributed by atoms with Gasteiger partial charge in [-0.1, -0.05) is 26.0 Å². The maximum Gasteiger partial charge on any atom is 0.262 e. The van der Waals surface area contributed by atoms with Crippen molar-refractivity contribution in [3.8, 4) is 5.75 Å². The van der Waals surface area contributed by atoms with E-state index in [2.05, 4.69) is 30.2 Å². The zero-order valence-corrected chi connectivity index (χ0v) is 14.4. The summed E-state index contributed by atoms with van der Waals surface area (Å²) in [5.41, 5.74) is 4.72. The van der Waals surface area contributed by atoms with Crippen LogP contribution in [0.2, 0.25) is 0 Å². The lowest BCUT2D eigenvalue weighted by Crippen LogP contribution is -2.21. The maximum absolute atomic E-state index is 12.1. The summed E-state index contributed by atoms with van der Waals surface area (Å²) < 4.78 is 5.60. The van der Waals surface area contributed by atoms with Crippen molar-refractivity contribution < 1.29 is 9.53 Å². The number of amides is 1. The molecule has 0 saturated heterocycles. The molecule has 2 rings (SSSR count). The fourth-order valence-electron chi connectivity index (χ4n) is 2.50. The Bertz CT molecular complexity index is 685. The van der Waals surface area contributed by atoms with Gasteiger partial charge in [0, 0.05) is 5.69 Å². The quantitative estimate of drug-likeness (QED) is 0.902. The predicted octanol–water partition coefficient (Wildman–Crippen LogP) is 4.15. The minimum Gasteiger partial charge on any atom is -0.484 e. The van der Waals surface area contributed by atoms with Crippen molar-refractivity contribution in [2.75, 3.05) is 11.9 Å². The first kappa shape index (κ1) is 17.0. The van der Waals surface area contributed by atoms with Gasteiger partial charge in [0.2, 0.25) is 0 Å². The lowest BCUT2D eigenvalue weighted by Gasteiger charge is -2.13. The van der Waals surface area contributed by atoms with E-state index < -0.39 is 0 Å². The molecule has 0 aliphatic carbocycles. The van der Waals surface area contributed by atoms with E-state index in [1.54, 1.807) is 0 Å². The Hall–Kier alpha value is -2.36. The first-order valence-electron chi connectivity index (χ1n) is 7.84. The Morgan fingerprint density at radius 2 is 1.96 bits per heavy atom. The number of nitrogens with zero attached hydrogens (tertiary/aromatic N) is 1. The van der Waals surface area contributed by atoms with Gasteiger partial charge in [0.25, 0.3) is 5.91 Å². The largest absolute Gasteiger partial charge is 0.484 e. The molecule has 1 N–H and O–H groups in total. The van der Waals surface area contributed by atoms with Crippen LogP contribution in [0, 0.1) is 20.8 Å². The van der Waals surface area contributed by atoms with Crippen molar-refractivity contribution in [1.82, 2.24) is 4.98 Å². The Balaban J connectivity index is 2.00. The summed E-state index contributed by atoms with van der Waals surface area (Å²) in [7, 11) is 0. The molecule has 0 fully saturated rings. The number of rotatable bonds is 5. The standard InChI is InChI=1S/C19H24N2O2/c1-12(2)16-7-6-8-17(10-16)23-11-18(22)21-19-13(3)9-14(4)20-15(19)5/h6-10,12H,11H2,1-5H3,(H,21,22). The van der Waals surface area contributed by atoms with Gasteiger partial charge in [-0.2, -0.15) is 0 Å². The van der Waals surface area contributed by atoms with Crippen molar-refractivity contribution in [3.05, 3.63) is 52.8 Å². The molecule has 2 aromatic rings. The third-order valence-corrected chi connectivity index (χ3v) is 3.68. The number of benzene rings is 1. The van der Waals surface area contributed by atoms with Crippen LogP contribution in [-0.2, 0) is 4.79 Å². The van der Waals surface area contributed by atoms with E-state index in [1.165, 1.54) is 5.56 Å². The van der Waals surface area contributed by atoms with Gasteiger partial charge in [-0.3, -0.25) is 9.78 Å². The highest BCUT2D eigenvalue weighted by molar-refractivity contribution is 5.93. The van der Waals surface area contributed by atoms with Crippen molar-refractivity contribution >= 4 is 11.6 Å². The summed E-state index contributed by atoms with van der Waals surface area (Å²) in [5, 5.41) is 2.89. The van der Waals surface area contributed by atoms with Crippen LogP contribution in [0.15, 0.2) is 30.3 Å². The molecule has 0 atom stereocenters. The van der Waals surface area contributed by atoms with E-state index in [-0.39, 0.29) is 12.5 Å². The number of aromatic nitrogens is 1. The Morgan fingerprint density at radius 1 is 1.22 bits per heavy atom. The molecule has 1 aromatic heterocycles. The van der Waals surface area contributed by atoms with Crippen molar-refractivity contribution in [2.45, 2.75) is 40.5 Å². The van der Waals surface area contributed by atoms with Crippen molar-refractivity contribution in [3.63, 3.8) is 0 Å². The summed E-state index contributed by atoms with van der Waals surface area (Å²) in [4.78, 5) is 16.5. The second kappa shape index (κ2) is 7.27. The van der Waals surface area contributed by atoms with E-state index in [1.807, 2.05) is 45.0 Å². The van der Waals surface area contributed by atoms with Gasteiger partial charge in [-0.15, -0.1) is 0 Å². The molecule has 23 heavy (non-hydrogen) atoms. The average molecular weight is 312 g/mol.